The zero-order valence-corrected chi connectivity index (χ0v) is 19.2. The molecule has 0 aliphatic rings. The Morgan fingerprint density at radius 2 is 1.67 bits per heavy atom. The molecule has 0 saturated carbocycles. The number of fused-ring (bicyclic) bond motifs is 2. The summed E-state index contributed by atoms with van der Waals surface area (Å²) in [6.45, 7) is 2.10. The quantitative estimate of drug-likeness (QED) is 0.374. The SMILES string of the molecule is CCc1ccc(N(C(=O)Cc2nn(C)c(=O)c3ccccc23)c2nc3ccccc3s2)cc1. The van der Waals surface area contributed by atoms with Crippen molar-refractivity contribution in [1.82, 2.24) is 14.8 Å². The number of aryl methyl sites for hydroxylation is 2. The molecule has 6 nitrogen and oxygen atoms in total. The summed E-state index contributed by atoms with van der Waals surface area (Å²) in [6, 6.07) is 23.1. The van der Waals surface area contributed by atoms with E-state index in [1.165, 1.54) is 21.6 Å². The Kier molecular flexibility index (Phi) is 5.48. The number of para-hydroxylation sites is 1. The van der Waals surface area contributed by atoms with Crippen molar-refractivity contribution in [2.75, 3.05) is 4.90 Å². The summed E-state index contributed by atoms with van der Waals surface area (Å²) < 4.78 is 2.31. The van der Waals surface area contributed by atoms with E-state index < -0.39 is 0 Å². The van der Waals surface area contributed by atoms with Gasteiger partial charge in [0, 0.05) is 12.4 Å². The third-order valence-corrected chi connectivity index (χ3v) is 6.70. The Balaban J connectivity index is 1.61. The van der Waals surface area contributed by atoms with Crippen LogP contribution < -0.4 is 10.5 Å². The minimum atomic E-state index is -0.181. The predicted molar refractivity (Wildman–Crippen MR) is 133 cm³/mol. The molecule has 0 aliphatic carbocycles. The first kappa shape index (κ1) is 21.0. The molecule has 164 valence electrons. The maximum absolute atomic E-state index is 13.7. The molecule has 0 spiro atoms. The first-order valence-electron chi connectivity index (χ1n) is 10.8. The highest BCUT2D eigenvalue weighted by Crippen LogP contribution is 2.34. The van der Waals surface area contributed by atoms with Gasteiger partial charge in [-0.05, 0) is 42.3 Å². The van der Waals surface area contributed by atoms with Gasteiger partial charge in [0.2, 0.25) is 5.91 Å². The van der Waals surface area contributed by atoms with Gasteiger partial charge in [-0.3, -0.25) is 14.5 Å². The third kappa shape index (κ3) is 3.91. The Hall–Kier alpha value is -3.84. The highest BCUT2D eigenvalue weighted by Gasteiger charge is 2.24. The van der Waals surface area contributed by atoms with Crippen LogP contribution in [0.4, 0.5) is 10.8 Å². The lowest BCUT2D eigenvalue weighted by molar-refractivity contribution is -0.117. The first-order valence-corrected chi connectivity index (χ1v) is 11.6. The van der Waals surface area contributed by atoms with Crippen molar-refractivity contribution < 1.29 is 4.79 Å². The summed E-state index contributed by atoms with van der Waals surface area (Å²) in [5.74, 6) is -0.158. The van der Waals surface area contributed by atoms with Gasteiger partial charge in [-0.25, -0.2) is 9.67 Å². The molecule has 0 N–H and O–H groups in total. The van der Waals surface area contributed by atoms with Crippen molar-refractivity contribution in [2.45, 2.75) is 19.8 Å². The van der Waals surface area contributed by atoms with E-state index in [0.717, 1.165) is 22.3 Å². The first-order chi connectivity index (χ1) is 16.0. The lowest BCUT2D eigenvalue weighted by atomic mass is 10.1. The van der Waals surface area contributed by atoms with Gasteiger partial charge in [-0.15, -0.1) is 0 Å². The summed E-state index contributed by atoms with van der Waals surface area (Å²) in [5, 5.41) is 6.28. The average molecular weight is 455 g/mol. The molecule has 2 aromatic heterocycles. The highest BCUT2D eigenvalue weighted by molar-refractivity contribution is 7.22. The lowest BCUT2D eigenvalue weighted by Crippen LogP contribution is -2.29. The van der Waals surface area contributed by atoms with E-state index >= 15 is 0 Å². The van der Waals surface area contributed by atoms with Crippen LogP contribution in [0.25, 0.3) is 21.0 Å². The van der Waals surface area contributed by atoms with Gasteiger partial charge < -0.3 is 0 Å². The zero-order valence-electron chi connectivity index (χ0n) is 18.4. The smallest absolute Gasteiger partial charge is 0.274 e. The molecular formula is C26H22N4O2S. The molecule has 7 heteroatoms. The number of aromatic nitrogens is 3. The number of amides is 1. The van der Waals surface area contributed by atoms with Crippen LogP contribution in [0.2, 0.25) is 0 Å². The van der Waals surface area contributed by atoms with Crippen molar-refractivity contribution in [3.05, 3.63) is 94.4 Å². The Bertz CT molecular complexity index is 1500. The Morgan fingerprint density at radius 3 is 2.39 bits per heavy atom. The van der Waals surface area contributed by atoms with Gasteiger partial charge in [0.25, 0.3) is 5.56 Å². The molecule has 0 fully saturated rings. The fourth-order valence-electron chi connectivity index (χ4n) is 3.93. The molecule has 5 rings (SSSR count). The predicted octanol–water partition coefficient (Wildman–Crippen LogP) is 5.01. The van der Waals surface area contributed by atoms with Crippen LogP contribution in [-0.4, -0.2) is 20.7 Å². The number of hydrogen-bond donors (Lipinski definition) is 0. The van der Waals surface area contributed by atoms with Crippen molar-refractivity contribution in [2.24, 2.45) is 7.05 Å². The van der Waals surface area contributed by atoms with E-state index in [1.807, 2.05) is 66.7 Å². The van der Waals surface area contributed by atoms with E-state index in [2.05, 4.69) is 12.0 Å². The molecule has 0 bridgehead atoms. The van der Waals surface area contributed by atoms with Crippen LogP contribution in [0.15, 0.2) is 77.6 Å². The minimum Gasteiger partial charge on any atom is -0.274 e. The largest absolute Gasteiger partial charge is 0.274 e. The lowest BCUT2D eigenvalue weighted by Gasteiger charge is -2.20. The molecule has 0 unspecified atom stereocenters. The van der Waals surface area contributed by atoms with Crippen molar-refractivity contribution in [3.8, 4) is 0 Å². The number of nitrogens with zero attached hydrogens (tertiary/aromatic N) is 4. The number of rotatable bonds is 5. The fourth-order valence-corrected chi connectivity index (χ4v) is 4.93. The fraction of sp³-hybridized carbons (Fsp3) is 0.154. The molecule has 2 heterocycles. The second kappa shape index (κ2) is 8.60. The van der Waals surface area contributed by atoms with Crippen LogP contribution >= 0.6 is 11.3 Å². The van der Waals surface area contributed by atoms with Gasteiger partial charge in [0.05, 0.1) is 33.4 Å². The van der Waals surface area contributed by atoms with Crippen molar-refractivity contribution in [3.63, 3.8) is 0 Å². The topological polar surface area (TPSA) is 68.1 Å². The maximum atomic E-state index is 13.7. The van der Waals surface area contributed by atoms with Gasteiger partial charge in [0.1, 0.15) is 0 Å². The number of hydrogen-bond acceptors (Lipinski definition) is 5. The molecule has 3 aromatic carbocycles. The standard InChI is InChI=1S/C26H22N4O2S/c1-3-17-12-14-18(15-13-17)30(26-27-21-10-6-7-11-23(21)33-26)24(31)16-22-19-8-4-5-9-20(19)25(32)29(2)28-22/h4-15H,3,16H2,1-2H3. The average Bonchev–Trinajstić information content (AvgIpc) is 3.26. The molecule has 0 atom stereocenters. The normalized spacial score (nSPS) is 11.2. The highest BCUT2D eigenvalue weighted by atomic mass is 32.1. The van der Waals surface area contributed by atoms with Crippen LogP contribution in [0.1, 0.15) is 18.2 Å². The summed E-state index contributed by atoms with van der Waals surface area (Å²) in [4.78, 5) is 32.6. The Morgan fingerprint density at radius 1 is 0.970 bits per heavy atom. The van der Waals surface area contributed by atoms with Crippen molar-refractivity contribution in [1.29, 1.82) is 0 Å². The number of benzene rings is 3. The molecule has 1 amide bonds. The number of thiazole rings is 1. The second-order valence-corrected chi connectivity index (χ2v) is 8.82. The third-order valence-electron chi connectivity index (χ3n) is 5.68. The van der Waals surface area contributed by atoms with Gasteiger partial charge in [-0.1, -0.05) is 60.7 Å². The van der Waals surface area contributed by atoms with Gasteiger partial charge in [-0.2, -0.15) is 5.10 Å². The van der Waals surface area contributed by atoms with Crippen LogP contribution in [0, 0.1) is 0 Å². The molecule has 33 heavy (non-hydrogen) atoms. The van der Waals surface area contributed by atoms with Gasteiger partial charge >= 0.3 is 0 Å². The number of carbonyl (C=O) groups is 1. The van der Waals surface area contributed by atoms with Crippen LogP contribution in [-0.2, 0) is 24.7 Å². The molecule has 0 radical (unpaired) electrons. The minimum absolute atomic E-state index is 0.0418. The van der Waals surface area contributed by atoms with E-state index in [-0.39, 0.29) is 17.9 Å². The second-order valence-electron chi connectivity index (χ2n) is 7.81. The van der Waals surface area contributed by atoms with Crippen LogP contribution in [0.3, 0.4) is 0 Å². The monoisotopic (exact) mass is 454 g/mol. The molecule has 0 saturated heterocycles. The molecule has 0 aliphatic heterocycles. The zero-order chi connectivity index (χ0) is 22.9. The summed E-state index contributed by atoms with van der Waals surface area (Å²) in [6.07, 6.45) is 0.962. The summed E-state index contributed by atoms with van der Waals surface area (Å²) >= 11 is 1.48. The van der Waals surface area contributed by atoms with E-state index in [0.29, 0.717) is 21.6 Å². The maximum Gasteiger partial charge on any atom is 0.274 e. The van der Waals surface area contributed by atoms with Crippen molar-refractivity contribution >= 4 is 49.1 Å². The molecular weight excluding hydrogens is 432 g/mol. The van der Waals surface area contributed by atoms with E-state index in [4.69, 9.17) is 4.98 Å². The van der Waals surface area contributed by atoms with Gasteiger partial charge in [0.15, 0.2) is 5.13 Å². The van der Waals surface area contributed by atoms with E-state index in [1.54, 1.807) is 18.0 Å². The summed E-state index contributed by atoms with van der Waals surface area (Å²) in [5.41, 5.74) is 3.19. The van der Waals surface area contributed by atoms with Crippen LogP contribution in [0.5, 0.6) is 0 Å². The Labute approximate surface area is 194 Å². The number of carbonyl (C=O) groups excluding carboxylic acids is 1. The summed E-state index contributed by atoms with van der Waals surface area (Å²) in [7, 11) is 1.61. The van der Waals surface area contributed by atoms with E-state index in [9.17, 15) is 9.59 Å². The molecule has 5 aromatic rings. The number of anilines is 2.